The highest BCUT2D eigenvalue weighted by Gasteiger charge is 2.33. The highest BCUT2D eigenvalue weighted by molar-refractivity contribution is 5.89. The lowest BCUT2D eigenvalue weighted by atomic mass is 9.84. The maximum atomic E-state index is 12.8. The molecule has 0 heterocycles. The molecule has 0 aromatic heterocycles. The minimum atomic E-state index is -0.424. The zero-order chi connectivity index (χ0) is 23.7. The average Bonchev–Trinajstić information content (AvgIpc) is 2.80. The van der Waals surface area contributed by atoms with Crippen LogP contribution in [-0.2, 0) is 4.74 Å². The highest BCUT2D eigenvalue weighted by Crippen LogP contribution is 2.31. The minimum Gasteiger partial charge on any atom is -0.494 e. The van der Waals surface area contributed by atoms with Crippen LogP contribution in [-0.4, -0.2) is 18.2 Å². The predicted octanol–water partition coefficient (Wildman–Crippen LogP) is 9.30. The summed E-state index contributed by atoms with van der Waals surface area (Å²) in [4.78, 5) is 12.8. The quantitative estimate of drug-likeness (QED) is 0.164. The van der Waals surface area contributed by atoms with Crippen molar-refractivity contribution in [2.75, 3.05) is 6.61 Å². The van der Waals surface area contributed by atoms with Crippen molar-refractivity contribution in [3.63, 3.8) is 0 Å². The highest BCUT2D eigenvalue weighted by atomic mass is 16.6. The molecule has 0 bridgehead atoms. The van der Waals surface area contributed by atoms with E-state index in [1.807, 2.05) is 24.3 Å². The second-order valence-electron chi connectivity index (χ2n) is 9.65. The molecule has 2 atom stereocenters. The van der Waals surface area contributed by atoms with Crippen molar-refractivity contribution in [3.05, 3.63) is 29.8 Å². The second kappa shape index (κ2) is 18.8. The Morgan fingerprint density at radius 3 is 1.88 bits per heavy atom. The first-order valence-electron chi connectivity index (χ1n) is 13.4. The Morgan fingerprint density at radius 1 is 0.818 bits per heavy atom. The van der Waals surface area contributed by atoms with Gasteiger partial charge in [-0.15, -0.1) is 0 Å². The third-order valence-electron chi connectivity index (χ3n) is 6.92. The molecule has 0 aliphatic carbocycles. The van der Waals surface area contributed by atoms with Gasteiger partial charge in [0.1, 0.15) is 11.4 Å². The summed E-state index contributed by atoms with van der Waals surface area (Å²) in [6, 6.07) is 7.40. The van der Waals surface area contributed by atoms with Crippen LogP contribution < -0.4 is 10.9 Å². The van der Waals surface area contributed by atoms with E-state index in [4.69, 9.17) is 9.47 Å². The van der Waals surface area contributed by atoms with E-state index in [1.165, 1.54) is 70.6 Å². The molecule has 0 fully saturated rings. The lowest BCUT2D eigenvalue weighted by molar-refractivity contribution is -0.0412. The summed E-state index contributed by atoms with van der Waals surface area (Å²) in [5.74, 6) is 0.938. The Bertz CT molecular complexity index is 601. The standard InChI is InChI=1S/C29H50O3.H3N/c1-6-9-11-13-14-15-16-17-19-25(4)29(5,8-3)32-28(30)26-20-22-27(23-21-26)31-24-18-12-10-7-2;/h20-23,25H,6-19,24H2,1-5H3;1H3. The van der Waals surface area contributed by atoms with Gasteiger partial charge in [-0.05, 0) is 56.4 Å². The molecule has 0 saturated carbocycles. The van der Waals surface area contributed by atoms with Gasteiger partial charge in [-0.3, -0.25) is 0 Å². The van der Waals surface area contributed by atoms with Crippen LogP contribution in [0.25, 0.3) is 0 Å². The van der Waals surface area contributed by atoms with Gasteiger partial charge >= 0.3 is 5.97 Å². The summed E-state index contributed by atoms with van der Waals surface area (Å²) in [5, 5.41) is 0. The summed E-state index contributed by atoms with van der Waals surface area (Å²) >= 11 is 0. The van der Waals surface area contributed by atoms with Gasteiger partial charge < -0.3 is 15.6 Å². The summed E-state index contributed by atoms with van der Waals surface area (Å²) in [6.07, 6.45) is 17.3. The maximum Gasteiger partial charge on any atom is 0.338 e. The van der Waals surface area contributed by atoms with Crippen molar-refractivity contribution in [3.8, 4) is 5.75 Å². The lowest BCUT2D eigenvalue weighted by Gasteiger charge is -2.34. The van der Waals surface area contributed by atoms with Crippen LogP contribution in [0.5, 0.6) is 5.75 Å². The molecule has 0 amide bonds. The molecule has 3 N–H and O–H groups in total. The molecule has 1 rings (SSSR count). The number of hydrogen-bond donors (Lipinski definition) is 1. The normalized spacial score (nSPS) is 13.6. The molecular weight excluding hydrogens is 410 g/mol. The molecule has 2 unspecified atom stereocenters. The summed E-state index contributed by atoms with van der Waals surface area (Å²) in [5.41, 5.74) is 0.175. The molecule has 0 spiro atoms. The van der Waals surface area contributed by atoms with Crippen LogP contribution in [0.4, 0.5) is 0 Å². The van der Waals surface area contributed by atoms with Crippen LogP contribution in [0.15, 0.2) is 24.3 Å². The van der Waals surface area contributed by atoms with Gasteiger partial charge in [-0.25, -0.2) is 4.79 Å². The van der Waals surface area contributed by atoms with Gasteiger partial charge in [0.25, 0.3) is 0 Å². The molecule has 4 heteroatoms. The molecule has 33 heavy (non-hydrogen) atoms. The first kappa shape index (κ1) is 31.4. The van der Waals surface area contributed by atoms with E-state index >= 15 is 0 Å². The Labute approximate surface area is 204 Å². The smallest absolute Gasteiger partial charge is 0.338 e. The van der Waals surface area contributed by atoms with Crippen LogP contribution in [0, 0.1) is 5.92 Å². The first-order valence-corrected chi connectivity index (χ1v) is 13.4. The van der Waals surface area contributed by atoms with Gasteiger partial charge in [0.05, 0.1) is 12.2 Å². The lowest BCUT2D eigenvalue weighted by Crippen LogP contribution is -2.38. The molecule has 0 radical (unpaired) electrons. The summed E-state index contributed by atoms with van der Waals surface area (Å²) in [7, 11) is 0. The second-order valence-corrected chi connectivity index (χ2v) is 9.65. The van der Waals surface area contributed by atoms with Crippen LogP contribution >= 0.6 is 0 Å². The molecule has 4 nitrogen and oxygen atoms in total. The molecule has 1 aromatic carbocycles. The third kappa shape index (κ3) is 13.1. The Balaban J connectivity index is 0.0000102. The van der Waals surface area contributed by atoms with E-state index in [0.29, 0.717) is 11.5 Å². The molecule has 0 saturated heterocycles. The predicted molar refractivity (Wildman–Crippen MR) is 142 cm³/mol. The van der Waals surface area contributed by atoms with Crippen LogP contribution in [0.3, 0.4) is 0 Å². The number of unbranched alkanes of at least 4 members (excludes halogenated alkanes) is 10. The molecule has 0 aliphatic rings. The fraction of sp³-hybridized carbons (Fsp3) is 0.759. The fourth-order valence-corrected chi connectivity index (χ4v) is 4.09. The number of esters is 1. The minimum absolute atomic E-state index is 0. The van der Waals surface area contributed by atoms with Crippen molar-refractivity contribution in [2.45, 2.75) is 130 Å². The number of carbonyl (C=O) groups excluding carboxylic acids is 1. The van der Waals surface area contributed by atoms with Crippen molar-refractivity contribution in [1.29, 1.82) is 0 Å². The van der Waals surface area contributed by atoms with Crippen LogP contribution in [0.1, 0.15) is 135 Å². The van der Waals surface area contributed by atoms with Gasteiger partial charge in [-0.2, -0.15) is 0 Å². The van der Waals surface area contributed by atoms with Crippen molar-refractivity contribution < 1.29 is 14.3 Å². The first-order chi connectivity index (χ1) is 15.5. The fourth-order valence-electron chi connectivity index (χ4n) is 4.09. The number of rotatable bonds is 19. The molecular formula is C29H53NO3. The van der Waals surface area contributed by atoms with E-state index in [0.717, 1.165) is 31.6 Å². The number of carbonyl (C=O) groups is 1. The van der Waals surface area contributed by atoms with E-state index in [2.05, 4.69) is 34.6 Å². The van der Waals surface area contributed by atoms with E-state index in [9.17, 15) is 4.79 Å². The topological polar surface area (TPSA) is 70.5 Å². The number of ether oxygens (including phenoxy) is 2. The van der Waals surface area contributed by atoms with E-state index in [1.54, 1.807) is 0 Å². The molecule has 192 valence electrons. The maximum absolute atomic E-state index is 12.8. The van der Waals surface area contributed by atoms with Gasteiger partial charge in [0.15, 0.2) is 0 Å². The molecule has 0 aliphatic heterocycles. The zero-order valence-corrected chi connectivity index (χ0v) is 22.4. The van der Waals surface area contributed by atoms with Gasteiger partial charge in [0, 0.05) is 0 Å². The Hall–Kier alpha value is -1.55. The zero-order valence-electron chi connectivity index (χ0n) is 22.4. The third-order valence-corrected chi connectivity index (χ3v) is 6.92. The molecule has 1 aromatic rings. The van der Waals surface area contributed by atoms with Crippen molar-refractivity contribution in [2.24, 2.45) is 5.92 Å². The Morgan fingerprint density at radius 2 is 1.33 bits per heavy atom. The van der Waals surface area contributed by atoms with E-state index in [-0.39, 0.29) is 12.1 Å². The monoisotopic (exact) mass is 463 g/mol. The largest absolute Gasteiger partial charge is 0.494 e. The summed E-state index contributed by atoms with van der Waals surface area (Å²) in [6.45, 7) is 11.6. The average molecular weight is 464 g/mol. The van der Waals surface area contributed by atoms with Crippen LogP contribution in [0.2, 0.25) is 0 Å². The van der Waals surface area contributed by atoms with E-state index < -0.39 is 5.60 Å². The number of benzene rings is 1. The Kier molecular flexibility index (Phi) is 17.9. The van der Waals surface area contributed by atoms with Gasteiger partial charge in [-0.1, -0.05) is 98.3 Å². The van der Waals surface area contributed by atoms with Crippen molar-refractivity contribution >= 4 is 5.97 Å². The SMILES string of the molecule is CCCCCCCCCCC(C)C(C)(CC)OC(=O)c1ccc(OCCCCCC)cc1.N. The number of hydrogen-bond acceptors (Lipinski definition) is 4. The van der Waals surface area contributed by atoms with Crippen molar-refractivity contribution in [1.82, 2.24) is 6.15 Å². The summed E-state index contributed by atoms with van der Waals surface area (Å²) < 4.78 is 11.8. The van der Waals surface area contributed by atoms with Gasteiger partial charge in [0.2, 0.25) is 0 Å².